The number of carbonyl (C=O) groups excluding carboxylic acids is 1. The fourth-order valence-electron chi connectivity index (χ4n) is 1.63. The predicted octanol–water partition coefficient (Wildman–Crippen LogP) is 0.667. The molecule has 0 aromatic rings. The van der Waals surface area contributed by atoms with Gasteiger partial charge in [0.25, 0.3) is 0 Å². The Bertz CT molecular complexity index is 184. The van der Waals surface area contributed by atoms with Crippen molar-refractivity contribution in [3.05, 3.63) is 0 Å². The third-order valence-electron chi connectivity index (χ3n) is 2.44. The third kappa shape index (κ3) is 3.03. The lowest BCUT2D eigenvalue weighted by Gasteiger charge is -2.13. The Morgan fingerprint density at radius 2 is 2.31 bits per heavy atom. The van der Waals surface area contributed by atoms with Gasteiger partial charge >= 0.3 is 5.97 Å². The quantitative estimate of drug-likeness (QED) is 0.515. The van der Waals surface area contributed by atoms with Gasteiger partial charge < -0.3 is 9.84 Å². The van der Waals surface area contributed by atoms with Crippen molar-refractivity contribution in [1.82, 2.24) is 0 Å². The molecule has 0 bridgehead atoms. The molecule has 0 amide bonds. The molecular weight excluding hydrogens is 167 g/mol. The van der Waals surface area contributed by atoms with Crippen LogP contribution in [0.15, 0.2) is 0 Å². The molecule has 1 N–H and O–H groups in total. The topological polar surface area (TPSA) is 46.5 Å². The summed E-state index contributed by atoms with van der Waals surface area (Å²) in [4.78, 5) is 10.8. The van der Waals surface area contributed by atoms with E-state index in [-0.39, 0.29) is 17.7 Å². The maximum atomic E-state index is 10.8. The zero-order chi connectivity index (χ0) is 9.84. The number of carbonyl (C=O) groups is 1. The van der Waals surface area contributed by atoms with Crippen LogP contribution in [0.2, 0.25) is 5.82 Å². The second kappa shape index (κ2) is 4.65. The number of esters is 1. The van der Waals surface area contributed by atoms with Crippen molar-refractivity contribution in [3.63, 3.8) is 0 Å². The Hall–Kier alpha value is -0.505. The zero-order valence-electron chi connectivity index (χ0n) is 7.90. The molecule has 72 valence electrons. The van der Waals surface area contributed by atoms with E-state index in [2.05, 4.69) is 0 Å². The summed E-state index contributed by atoms with van der Waals surface area (Å²) in [5.41, 5.74) is 0. The van der Waals surface area contributed by atoms with E-state index >= 15 is 0 Å². The van der Waals surface area contributed by atoms with Gasteiger partial charge in [-0.05, 0) is 12.8 Å². The molecule has 13 heavy (non-hydrogen) atoms. The van der Waals surface area contributed by atoms with Gasteiger partial charge in [0.05, 0.1) is 20.6 Å². The van der Waals surface area contributed by atoms with Crippen LogP contribution in [0.25, 0.3) is 0 Å². The smallest absolute Gasteiger partial charge is 0.305 e. The molecule has 1 aliphatic carbocycles. The van der Waals surface area contributed by atoms with Crippen molar-refractivity contribution in [2.45, 2.75) is 38.1 Å². The molecule has 0 aliphatic heterocycles. The van der Waals surface area contributed by atoms with E-state index in [1.807, 2.05) is 0 Å². The first-order chi connectivity index (χ1) is 6.13. The fourth-order valence-corrected chi connectivity index (χ4v) is 1.63. The Morgan fingerprint density at radius 1 is 1.62 bits per heavy atom. The first-order valence-corrected chi connectivity index (χ1v) is 4.72. The van der Waals surface area contributed by atoms with Crippen LogP contribution in [0.5, 0.6) is 0 Å². The SMILES string of the molecule is [B][C@H]1C[C@@H](COC(=O)CC)[C@@H](O)C1. The molecule has 0 spiro atoms. The first kappa shape index (κ1) is 10.6. The average Bonchev–Trinajstić information content (AvgIpc) is 2.41. The molecule has 0 aromatic heterocycles. The Labute approximate surface area is 79.9 Å². The first-order valence-electron chi connectivity index (χ1n) is 4.72. The monoisotopic (exact) mass is 182 g/mol. The lowest BCUT2D eigenvalue weighted by Crippen LogP contribution is -2.20. The van der Waals surface area contributed by atoms with Gasteiger partial charge in [-0.15, -0.1) is 0 Å². The van der Waals surface area contributed by atoms with Gasteiger partial charge in [-0.3, -0.25) is 4.79 Å². The number of aliphatic hydroxyl groups excluding tert-OH is 1. The molecule has 0 unspecified atom stereocenters. The molecule has 2 radical (unpaired) electrons. The second-order valence-electron chi connectivity index (χ2n) is 3.60. The molecule has 0 saturated heterocycles. The second-order valence-corrected chi connectivity index (χ2v) is 3.60. The summed E-state index contributed by atoms with van der Waals surface area (Å²) in [6, 6.07) is 0. The Kier molecular flexibility index (Phi) is 3.79. The Morgan fingerprint density at radius 3 is 2.77 bits per heavy atom. The van der Waals surface area contributed by atoms with E-state index in [1.165, 1.54) is 0 Å². The molecule has 1 fully saturated rings. The van der Waals surface area contributed by atoms with Crippen molar-refractivity contribution in [1.29, 1.82) is 0 Å². The summed E-state index contributed by atoms with van der Waals surface area (Å²) < 4.78 is 4.94. The van der Waals surface area contributed by atoms with E-state index in [4.69, 9.17) is 12.6 Å². The normalized spacial score (nSPS) is 33.2. The number of hydrogen-bond donors (Lipinski definition) is 1. The zero-order valence-corrected chi connectivity index (χ0v) is 7.90. The van der Waals surface area contributed by atoms with Gasteiger partial charge in [-0.25, -0.2) is 0 Å². The van der Waals surface area contributed by atoms with Gasteiger partial charge in [-0.2, -0.15) is 0 Å². The van der Waals surface area contributed by atoms with E-state index in [0.29, 0.717) is 19.4 Å². The van der Waals surface area contributed by atoms with Crippen LogP contribution in [0.3, 0.4) is 0 Å². The molecule has 1 aliphatic rings. The summed E-state index contributed by atoms with van der Waals surface area (Å²) in [5.74, 6) is -0.126. The maximum Gasteiger partial charge on any atom is 0.305 e. The lowest BCUT2D eigenvalue weighted by atomic mass is 9.85. The summed E-state index contributed by atoms with van der Waals surface area (Å²) in [6.07, 6.45) is 1.35. The molecule has 3 nitrogen and oxygen atoms in total. The molecule has 3 atom stereocenters. The van der Waals surface area contributed by atoms with Crippen LogP contribution in [0, 0.1) is 5.92 Å². The van der Waals surface area contributed by atoms with Crippen LogP contribution in [0.4, 0.5) is 0 Å². The summed E-state index contributed by atoms with van der Waals surface area (Å²) >= 11 is 0. The molecule has 4 heteroatoms. The van der Waals surface area contributed by atoms with Gasteiger partial charge in [0.1, 0.15) is 0 Å². The standard InChI is InChI=1S/C9H15BO3/c1-2-9(12)13-5-6-3-7(10)4-8(6)11/h6-8,11H,2-5H2,1H3/t6-,7-,8-/m0/s1. The lowest BCUT2D eigenvalue weighted by molar-refractivity contribution is -0.145. The van der Waals surface area contributed by atoms with Crippen LogP contribution in [-0.4, -0.2) is 31.6 Å². The highest BCUT2D eigenvalue weighted by Crippen LogP contribution is 2.33. The molecule has 0 heterocycles. The van der Waals surface area contributed by atoms with Crippen molar-refractivity contribution in [3.8, 4) is 0 Å². The predicted molar refractivity (Wildman–Crippen MR) is 49.5 cm³/mol. The summed E-state index contributed by atoms with van der Waals surface area (Å²) in [7, 11) is 5.65. The number of hydrogen-bond acceptors (Lipinski definition) is 3. The number of aliphatic hydroxyl groups is 1. The average molecular weight is 182 g/mol. The minimum atomic E-state index is -0.403. The number of ether oxygens (including phenoxy) is 1. The summed E-state index contributed by atoms with van der Waals surface area (Å²) in [6.45, 7) is 2.06. The van der Waals surface area contributed by atoms with E-state index < -0.39 is 6.10 Å². The Balaban J connectivity index is 2.25. The molecule has 1 rings (SSSR count). The summed E-state index contributed by atoms with van der Waals surface area (Å²) in [5, 5.41) is 9.47. The molecule has 1 saturated carbocycles. The van der Waals surface area contributed by atoms with Crippen LogP contribution >= 0.6 is 0 Å². The van der Waals surface area contributed by atoms with Crippen LogP contribution < -0.4 is 0 Å². The highest BCUT2D eigenvalue weighted by atomic mass is 16.5. The molecular formula is C9H15BO3. The minimum absolute atomic E-state index is 0.0329. The highest BCUT2D eigenvalue weighted by molar-refractivity contribution is 6.11. The van der Waals surface area contributed by atoms with Gasteiger partial charge in [0.2, 0.25) is 0 Å². The van der Waals surface area contributed by atoms with Gasteiger partial charge in [-0.1, -0.05) is 12.7 Å². The van der Waals surface area contributed by atoms with Crippen molar-refractivity contribution in [2.24, 2.45) is 5.92 Å². The fraction of sp³-hybridized carbons (Fsp3) is 0.889. The number of rotatable bonds is 3. The molecule has 0 aromatic carbocycles. The van der Waals surface area contributed by atoms with Gasteiger partial charge in [0.15, 0.2) is 0 Å². The van der Waals surface area contributed by atoms with E-state index in [0.717, 1.165) is 6.42 Å². The van der Waals surface area contributed by atoms with Gasteiger partial charge in [0, 0.05) is 12.3 Å². The third-order valence-corrected chi connectivity index (χ3v) is 2.44. The highest BCUT2D eigenvalue weighted by Gasteiger charge is 2.30. The van der Waals surface area contributed by atoms with E-state index in [9.17, 15) is 9.90 Å². The minimum Gasteiger partial charge on any atom is -0.465 e. The van der Waals surface area contributed by atoms with Crippen molar-refractivity contribution < 1.29 is 14.6 Å². The van der Waals surface area contributed by atoms with Crippen molar-refractivity contribution in [2.75, 3.05) is 6.61 Å². The van der Waals surface area contributed by atoms with Crippen LogP contribution in [0.1, 0.15) is 26.2 Å². The van der Waals surface area contributed by atoms with Crippen molar-refractivity contribution >= 4 is 13.8 Å². The maximum absolute atomic E-state index is 10.8. The van der Waals surface area contributed by atoms with E-state index in [1.54, 1.807) is 6.92 Å². The largest absolute Gasteiger partial charge is 0.465 e. The van der Waals surface area contributed by atoms with Crippen LogP contribution in [-0.2, 0) is 9.53 Å².